The molecular weight excluding hydrogens is 354 g/mol. The molecule has 0 unspecified atom stereocenters. The SMILES string of the molecule is CC(C)c1ncc(C(N)=O)c(Oc2cccc(C/C=C/S(C)(=O)=O)c2)n1. The number of sulfone groups is 1. The van der Waals surface area contributed by atoms with Crippen molar-refractivity contribution in [3.05, 3.63) is 58.9 Å². The number of hydrogen-bond acceptors (Lipinski definition) is 6. The van der Waals surface area contributed by atoms with Crippen LogP contribution in [0.1, 0.15) is 41.5 Å². The van der Waals surface area contributed by atoms with Crippen molar-refractivity contribution < 1.29 is 17.9 Å². The molecule has 0 saturated heterocycles. The zero-order valence-electron chi connectivity index (χ0n) is 14.8. The van der Waals surface area contributed by atoms with Gasteiger partial charge in [0.15, 0.2) is 9.84 Å². The lowest BCUT2D eigenvalue weighted by Crippen LogP contribution is -2.15. The van der Waals surface area contributed by atoms with Crippen molar-refractivity contribution in [2.24, 2.45) is 5.73 Å². The van der Waals surface area contributed by atoms with Gasteiger partial charge in [0.25, 0.3) is 5.91 Å². The van der Waals surface area contributed by atoms with E-state index >= 15 is 0 Å². The Hall–Kier alpha value is -2.74. The first-order valence-corrected chi connectivity index (χ1v) is 9.91. The van der Waals surface area contributed by atoms with Crippen LogP contribution in [0.5, 0.6) is 11.6 Å². The largest absolute Gasteiger partial charge is 0.438 e. The molecule has 0 aliphatic heterocycles. The molecule has 0 atom stereocenters. The van der Waals surface area contributed by atoms with Gasteiger partial charge in [0, 0.05) is 23.8 Å². The van der Waals surface area contributed by atoms with Gasteiger partial charge in [-0.15, -0.1) is 0 Å². The van der Waals surface area contributed by atoms with E-state index in [0.717, 1.165) is 17.2 Å². The van der Waals surface area contributed by atoms with Gasteiger partial charge in [-0.3, -0.25) is 4.79 Å². The van der Waals surface area contributed by atoms with Gasteiger partial charge in [-0.1, -0.05) is 32.1 Å². The third-order valence-corrected chi connectivity index (χ3v) is 4.05. The van der Waals surface area contributed by atoms with Crippen LogP contribution in [0, 0.1) is 0 Å². The second-order valence-electron chi connectivity index (χ2n) is 6.12. The van der Waals surface area contributed by atoms with E-state index in [1.807, 2.05) is 19.9 Å². The number of benzene rings is 1. The molecule has 26 heavy (non-hydrogen) atoms. The van der Waals surface area contributed by atoms with Crippen LogP contribution in [0.2, 0.25) is 0 Å². The zero-order valence-corrected chi connectivity index (χ0v) is 15.7. The Morgan fingerprint density at radius 1 is 1.35 bits per heavy atom. The first-order valence-electron chi connectivity index (χ1n) is 7.96. The average molecular weight is 375 g/mol. The maximum absolute atomic E-state index is 11.6. The highest BCUT2D eigenvalue weighted by Crippen LogP contribution is 2.25. The van der Waals surface area contributed by atoms with Crippen LogP contribution in [-0.2, 0) is 16.3 Å². The van der Waals surface area contributed by atoms with Gasteiger partial charge < -0.3 is 10.5 Å². The normalized spacial score (nSPS) is 11.8. The summed E-state index contributed by atoms with van der Waals surface area (Å²) in [5.74, 6) is 0.484. The molecule has 138 valence electrons. The number of nitrogens with two attached hydrogens (primary N) is 1. The van der Waals surface area contributed by atoms with E-state index in [2.05, 4.69) is 9.97 Å². The fourth-order valence-corrected chi connectivity index (χ4v) is 2.56. The van der Waals surface area contributed by atoms with Crippen LogP contribution in [0.3, 0.4) is 0 Å². The highest BCUT2D eigenvalue weighted by molar-refractivity contribution is 7.93. The molecule has 2 rings (SSSR count). The van der Waals surface area contributed by atoms with Crippen molar-refractivity contribution in [3.63, 3.8) is 0 Å². The van der Waals surface area contributed by atoms with E-state index in [1.54, 1.807) is 24.3 Å². The van der Waals surface area contributed by atoms with Crippen molar-refractivity contribution >= 4 is 15.7 Å². The lowest BCUT2D eigenvalue weighted by atomic mass is 10.1. The number of carbonyl (C=O) groups is 1. The Bertz CT molecular complexity index is 937. The highest BCUT2D eigenvalue weighted by Gasteiger charge is 2.16. The van der Waals surface area contributed by atoms with Gasteiger partial charge in [-0.2, -0.15) is 4.98 Å². The van der Waals surface area contributed by atoms with Gasteiger partial charge in [0.2, 0.25) is 5.88 Å². The molecule has 2 N–H and O–H groups in total. The Morgan fingerprint density at radius 3 is 2.69 bits per heavy atom. The molecule has 0 saturated carbocycles. The molecule has 0 aliphatic rings. The molecule has 0 aliphatic carbocycles. The molecule has 0 fully saturated rings. The van der Waals surface area contributed by atoms with Gasteiger partial charge in [0.05, 0.1) is 0 Å². The summed E-state index contributed by atoms with van der Waals surface area (Å²) < 4.78 is 28.1. The number of amides is 1. The molecule has 8 heteroatoms. The number of aromatic nitrogens is 2. The third-order valence-electron chi connectivity index (χ3n) is 3.36. The first-order chi connectivity index (χ1) is 12.2. The third kappa shape index (κ3) is 5.66. The predicted molar refractivity (Wildman–Crippen MR) is 98.8 cm³/mol. The summed E-state index contributed by atoms with van der Waals surface area (Å²) in [7, 11) is -3.16. The van der Waals surface area contributed by atoms with Crippen molar-refractivity contribution in [1.29, 1.82) is 0 Å². The van der Waals surface area contributed by atoms with Crippen molar-refractivity contribution in [3.8, 4) is 11.6 Å². The second-order valence-corrected chi connectivity index (χ2v) is 8.05. The minimum atomic E-state index is -3.16. The number of hydrogen-bond donors (Lipinski definition) is 1. The number of rotatable bonds is 7. The lowest BCUT2D eigenvalue weighted by molar-refractivity contribution is 0.0997. The summed E-state index contributed by atoms with van der Waals surface area (Å²) in [4.78, 5) is 20.0. The standard InChI is InChI=1S/C18H21N3O4S/c1-12(2)17-20-11-15(16(19)22)18(21-17)25-14-8-4-6-13(10-14)7-5-9-26(3,23)24/h4-6,8-12H,7H2,1-3H3,(H2,19,22)/b9-5+. The van der Waals surface area contributed by atoms with Crippen LogP contribution >= 0.6 is 0 Å². The van der Waals surface area contributed by atoms with E-state index in [9.17, 15) is 13.2 Å². The summed E-state index contributed by atoms with van der Waals surface area (Å²) in [5.41, 5.74) is 6.31. The molecule has 1 heterocycles. The minimum absolute atomic E-state index is 0.0618. The van der Waals surface area contributed by atoms with Crippen molar-refractivity contribution in [2.75, 3.05) is 6.26 Å². The summed E-state index contributed by atoms with van der Waals surface area (Å²) in [5, 5.41) is 1.16. The van der Waals surface area contributed by atoms with Crippen LogP contribution in [0.15, 0.2) is 41.9 Å². The molecule has 0 spiro atoms. The molecule has 0 radical (unpaired) electrons. The quantitative estimate of drug-likeness (QED) is 0.796. The van der Waals surface area contributed by atoms with Gasteiger partial charge in [-0.25, -0.2) is 13.4 Å². The number of carbonyl (C=O) groups excluding carboxylic acids is 1. The van der Waals surface area contributed by atoms with Crippen LogP contribution in [-0.4, -0.2) is 30.5 Å². The number of ether oxygens (including phenoxy) is 1. The summed E-state index contributed by atoms with van der Waals surface area (Å²) >= 11 is 0. The minimum Gasteiger partial charge on any atom is -0.438 e. The first kappa shape index (κ1) is 19.6. The van der Waals surface area contributed by atoms with Crippen molar-refractivity contribution in [1.82, 2.24) is 9.97 Å². The summed E-state index contributed by atoms with van der Waals surface area (Å²) in [6.07, 6.45) is 4.48. The zero-order chi connectivity index (χ0) is 19.3. The van der Waals surface area contributed by atoms with Crippen LogP contribution in [0.25, 0.3) is 0 Å². The number of nitrogens with zero attached hydrogens (tertiary/aromatic N) is 2. The Labute approximate surface area is 152 Å². The topological polar surface area (TPSA) is 112 Å². The molecular formula is C18H21N3O4S. The van der Waals surface area contributed by atoms with Crippen molar-refractivity contribution in [2.45, 2.75) is 26.2 Å². The van der Waals surface area contributed by atoms with Crippen LogP contribution < -0.4 is 10.5 Å². The molecule has 1 amide bonds. The maximum Gasteiger partial charge on any atom is 0.255 e. The predicted octanol–water partition coefficient (Wildman–Crippen LogP) is 2.59. The fraction of sp³-hybridized carbons (Fsp3) is 0.278. The summed E-state index contributed by atoms with van der Waals surface area (Å²) in [6, 6.07) is 7.07. The molecule has 7 nitrogen and oxygen atoms in total. The lowest BCUT2D eigenvalue weighted by Gasteiger charge is -2.11. The van der Waals surface area contributed by atoms with Crippen LogP contribution in [0.4, 0.5) is 0 Å². The van der Waals surface area contributed by atoms with E-state index in [0.29, 0.717) is 18.0 Å². The Balaban J connectivity index is 2.28. The van der Waals surface area contributed by atoms with E-state index < -0.39 is 15.7 Å². The fourth-order valence-electron chi connectivity index (χ4n) is 2.11. The molecule has 0 bridgehead atoms. The molecule has 1 aromatic heterocycles. The maximum atomic E-state index is 11.6. The monoisotopic (exact) mass is 375 g/mol. The number of primary amides is 1. The Morgan fingerprint density at radius 2 is 2.08 bits per heavy atom. The van der Waals surface area contributed by atoms with Gasteiger partial charge >= 0.3 is 0 Å². The highest BCUT2D eigenvalue weighted by atomic mass is 32.2. The van der Waals surface area contributed by atoms with Gasteiger partial charge in [0.1, 0.15) is 17.1 Å². The number of allylic oxidation sites excluding steroid dienone is 1. The van der Waals surface area contributed by atoms with E-state index in [4.69, 9.17) is 10.5 Å². The summed E-state index contributed by atoms with van der Waals surface area (Å²) in [6.45, 7) is 3.86. The Kier molecular flexibility index (Phi) is 6.10. The molecule has 1 aromatic carbocycles. The van der Waals surface area contributed by atoms with Gasteiger partial charge in [-0.05, 0) is 24.1 Å². The second kappa shape index (κ2) is 8.09. The molecule has 2 aromatic rings. The van der Waals surface area contributed by atoms with E-state index in [1.165, 1.54) is 6.20 Å². The average Bonchev–Trinajstić information content (AvgIpc) is 2.53. The van der Waals surface area contributed by atoms with E-state index in [-0.39, 0.29) is 17.4 Å². The smallest absolute Gasteiger partial charge is 0.255 e.